The number of hydrogen-bond donors (Lipinski definition) is 3. The zero-order valence-electron chi connectivity index (χ0n) is 12.3. The molecular weight excluding hydrogens is 286 g/mol. The van der Waals surface area contributed by atoms with E-state index in [4.69, 9.17) is 10.8 Å². The van der Waals surface area contributed by atoms with Crippen LogP contribution in [0.4, 0.5) is 11.4 Å². The number of aliphatic hydroxyl groups excluding tert-OH is 1. The third-order valence-corrected chi connectivity index (χ3v) is 4.27. The number of carbonyl (C=O) groups excluding carboxylic acids is 1. The number of benzene rings is 1. The van der Waals surface area contributed by atoms with Crippen LogP contribution in [0.25, 0.3) is 0 Å². The van der Waals surface area contributed by atoms with E-state index >= 15 is 0 Å². The molecule has 0 unspecified atom stereocenters. The molecule has 0 aliphatic heterocycles. The third kappa shape index (κ3) is 3.94. The molecule has 2 rings (SSSR count). The summed E-state index contributed by atoms with van der Waals surface area (Å²) in [6.07, 6.45) is 3.32. The Morgan fingerprint density at radius 2 is 2.05 bits per heavy atom. The Morgan fingerprint density at radius 1 is 1.36 bits per heavy atom. The van der Waals surface area contributed by atoms with Gasteiger partial charge in [-0.15, -0.1) is 0 Å². The van der Waals surface area contributed by atoms with Crippen molar-refractivity contribution in [1.29, 1.82) is 0 Å². The van der Waals surface area contributed by atoms with Gasteiger partial charge in [-0.2, -0.15) is 0 Å². The third-order valence-electron chi connectivity index (χ3n) is 4.27. The minimum absolute atomic E-state index is 0.00280. The summed E-state index contributed by atoms with van der Waals surface area (Å²) < 4.78 is 0. The highest BCUT2D eigenvalue weighted by Gasteiger charge is 2.25. The molecule has 7 nitrogen and oxygen atoms in total. The minimum atomic E-state index is -0.437. The lowest BCUT2D eigenvalue weighted by atomic mass is 9.81. The van der Waals surface area contributed by atoms with E-state index in [1.54, 1.807) is 12.1 Å². The quantitative estimate of drug-likeness (QED) is 0.547. The number of carbonyl (C=O) groups is 1. The molecular formula is C15H21N3O4. The fraction of sp³-hybridized carbons (Fsp3) is 0.533. The van der Waals surface area contributed by atoms with Crippen molar-refractivity contribution in [2.24, 2.45) is 17.6 Å². The van der Waals surface area contributed by atoms with Gasteiger partial charge in [0.05, 0.1) is 11.5 Å². The molecule has 0 saturated heterocycles. The summed E-state index contributed by atoms with van der Waals surface area (Å²) in [5.41, 5.74) is 6.37. The van der Waals surface area contributed by atoms with Crippen molar-refractivity contribution in [1.82, 2.24) is 0 Å². The van der Waals surface area contributed by atoms with Gasteiger partial charge in [-0.25, -0.2) is 0 Å². The topological polar surface area (TPSA) is 118 Å². The number of nitro benzene ring substituents is 1. The van der Waals surface area contributed by atoms with Crippen LogP contribution in [-0.4, -0.2) is 22.5 Å². The van der Waals surface area contributed by atoms with Crippen LogP contribution < -0.4 is 11.1 Å². The van der Waals surface area contributed by atoms with Gasteiger partial charge < -0.3 is 16.2 Å². The number of nitrogens with two attached hydrogens (primary N) is 1. The fourth-order valence-corrected chi connectivity index (χ4v) is 2.89. The summed E-state index contributed by atoms with van der Waals surface area (Å²) in [4.78, 5) is 21.7. The molecule has 4 N–H and O–H groups in total. The Labute approximate surface area is 128 Å². The molecule has 22 heavy (non-hydrogen) atoms. The molecule has 1 amide bonds. The summed E-state index contributed by atoms with van der Waals surface area (Å²) in [6, 6.07) is 4.55. The first kappa shape index (κ1) is 16.2. The minimum Gasteiger partial charge on any atom is -0.392 e. The number of anilines is 1. The van der Waals surface area contributed by atoms with E-state index in [0.717, 1.165) is 25.7 Å². The van der Waals surface area contributed by atoms with E-state index < -0.39 is 4.92 Å². The maximum absolute atomic E-state index is 11.1. The largest absolute Gasteiger partial charge is 0.392 e. The second kappa shape index (κ2) is 7.22. The van der Waals surface area contributed by atoms with E-state index in [1.165, 1.54) is 6.07 Å². The smallest absolute Gasteiger partial charge is 0.292 e. The molecule has 0 spiro atoms. The van der Waals surface area contributed by atoms with E-state index in [9.17, 15) is 14.9 Å². The van der Waals surface area contributed by atoms with Gasteiger partial charge in [0, 0.05) is 18.5 Å². The first-order valence-electron chi connectivity index (χ1n) is 7.42. The van der Waals surface area contributed by atoms with Crippen LogP contribution in [0.2, 0.25) is 0 Å². The lowest BCUT2D eigenvalue weighted by Crippen LogP contribution is -2.29. The van der Waals surface area contributed by atoms with Gasteiger partial charge in [-0.3, -0.25) is 14.9 Å². The summed E-state index contributed by atoms with van der Waals surface area (Å²) in [5.74, 6) is 0.0917. The maximum atomic E-state index is 11.1. The second-order valence-corrected chi connectivity index (χ2v) is 5.77. The Bertz CT molecular complexity index is 554. The molecule has 7 heteroatoms. The fourth-order valence-electron chi connectivity index (χ4n) is 2.89. The number of aliphatic hydroxyl groups is 1. The van der Waals surface area contributed by atoms with Crippen LogP contribution in [0.1, 0.15) is 31.2 Å². The predicted octanol–water partition coefficient (Wildman–Crippen LogP) is 1.79. The van der Waals surface area contributed by atoms with Gasteiger partial charge in [0.1, 0.15) is 5.69 Å². The predicted molar refractivity (Wildman–Crippen MR) is 82.2 cm³/mol. The summed E-state index contributed by atoms with van der Waals surface area (Å²) in [6.45, 7) is 0.456. The normalized spacial score (nSPS) is 21.3. The average Bonchev–Trinajstić information content (AvgIpc) is 2.52. The molecule has 0 atom stereocenters. The first-order chi connectivity index (χ1) is 10.5. The molecule has 1 aromatic rings. The van der Waals surface area contributed by atoms with Gasteiger partial charge in [0.15, 0.2) is 0 Å². The standard InChI is InChI=1S/C15H21N3O4/c16-15(20)12-4-1-10(2-5-12)8-17-13-7-11(9-19)3-6-14(13)18(21)22/h3,6-7,10,12,17,19H,1-2,4-5,8-9H2,(H2,16,20). The zero-order valence-corrected chi connectivity index (χ0v) is 12.3. The molecule has 0 aromatic heterocycles. The van der Waals surface area contributed by atoms with Crippen molar-refractivity contribution in [3.8, 4) is 0 Å². The van der Waals surface area contributed by atoms with E-state index in [1.807, 2.05) is 0 Å². The molecule has 1 saturated carbocycles. The van der Waals surface area contributed by atoms with Crippen LogP contribution in [0.3, 0.4) is 0 Å². The van der Waals surface area contributed by atoms with Crippen molar-refractivity contribution in [3.05, 3.63) is 33.9 Å². The average molecular weight is 307 g/mol. The van der Waals surface area contributed by atoms with Crippen LogP contribution in [0.15, 0.2) is 18.2 Å². The van der Waals surface area contributed by atoms with Gasteiger partial charge in [0.25, 0.3) is 5.69 Å². The lowest BCUT2D eigenvalue weighted by Gasteiger charge is -2.27. The Morgan fingerprint density at radius 3 is 2.59 bits per heavy atom. The van der Waals surface area contributed by atoms with Crippen molar-refractivity contribution in [2.45, 2.75) is 32.3 Å². The summed E-state index contributed by atoms with van der Waals surface area (Å²) in [5, 5.41) is 23.3. The highest BCUT2D eigenvalue weighted by molar-refractivity contribution is 5.76. The van der Waals surface area contributed by atoms with Crippen molar-refractivity contribution in [3.63, 3.8) is 0 Å². The highest BCUT2D eigenvalue weighted by atomic mass is 16.6. The highest BCUT2D eigenvalue weighted by Crippen LogP contribution is 2.30. The zero-order chi connectivity index (χ0) is 16.1. The number of rotatable bonds is 6. The Kier molecular flexibility index (Phi) is 5.32. The molecule has 0 heterocycles. The van der Waals surface area contributed by atoms with Gasteiger partial charge in [-0.1, -0.05) is 0 Å². The number of nitrogens with one attached hydrogen (secondary N) is 1. The van der Waals surface area contributed by atoms with Crippen molar-refractivity contribution in [2.75, 3.05) is 11.9 Å². The van der Waals surface area contributed by atoms with E-state index in [0.29, 0.717) is 23.7 Å². The van der Waals surface area contributed by atoms with Crippen LogP contribution in [0, 0.1) is 22.0 Å². The SMILES string of the molecule is NC(=O)C1CCC(CNc2cc(CO)ccc2[N+](=O)[O-])CC1. The van der Waals surface area contributed by atoms with Gasteiger partial charge >= 0.3 is 0 Å². The van der Waals surface area contributed by atoms with E-state index in [-0.39, 0.29) is 24.1 Å². The molecule has 0 bridgehead atoms. The molecule has 1 aliphatic rings. The monoisotopic (exact) mass is 307 g/mol. The van der Waals surface area contributed by atoms with Crippen LogP contribution >= 0.6 is 0 Å². The number of nitro groups is 1. The number of amides is 1. The molecule has 1 aromatic carbocycles. The van der Waals surface area contributed by atoms with Crippen LogP contribution in [-0.2, 0) is 11.4 Å². The Hall–Kier alpha value is -2.15. The van der Waals surface area contributed by atoms with Crippen LogP contribution in [0.5, 0.6) is 0 Å². The molecule has 120 valence electrons. The molecule has 1 fully saturated rings. The number of hydrogen-bond acceptors (Lipinski definition) is 5. The van der Waals surface area contributed by atoms with Crippen molar-refractivity contribution < 1.29 is 14.8 Å². The Balaban J connectivity index is 1.97. The van der Waals surface area contributed by atoms with E-state index in [2.05, 4.69) is 5.32 Å². The summed E-state index contributed by atoms with van der Waals surface area (Å²) >= 11 is 0. The van der Waals surface area contributed by atoms with Crippen molar-refractivity contribution >= 4 is 17.3 Å². The first-order valence-corrected chi connectivity index (χ1v) is 7.42. The lowest BCUT2D eigenvalue weighted by molar-refractivity contribution is -0.384. The summed E-state index contributed by atoms with van der Waals surface area (Å²) in [7, 11) is 0. The molecule has 1 aliphatic carbocycles. The maximum Gasteiger partial charge on any atom is 0.292 e. The number of primary amides is 1. The second-order valence-electron chi connectivity index (χ2n) is 5.77. The van der Waals surface area contributed by atoms with Gasteiger partial charge in [0.2, 0.25) is 5.91 Å². The van der Waals surface area contributed by atoms with Gasteiger partial charge in [-0.05, 0) is 49.3 Å². The molecule has 0 radical (unpaired) electrons. The number of nitrogens with zero attached hydrogens (tertiary/aromatic N) is 1.